The molecule has 0 atom stereocenters. The van der Waals surface area contributed by atoms with E-state index in [1.54, 1.807) is 0 Å². The van der Waals surface area contributed by atoms with Crippen molar-refractivity contribution in [3.63, 3.8) is 0 Å². The molecule has 0 heterocycles. The van der Waals surface area contributed by atoms with Gasteiger partial charge in [-0.25, -0.2) is 8.42 Å². The first-order valence-corrected chi connectivity index (χ1v) is 9.51. The molecule has 0 saturated carbocycles. The number of fused-ring (bicyclic) bond motifs is 1. The molecule has 126 valence electrons. The third-order valence-electron chi connectivity index (χ3n) is 4.30. The predicted molar refractivity (Wildman–Crippen MR) is 94.2 cm³/mol. The Labute approximate surface area is 167 Å². The van der Waals surface area contributed by atoms with Gasteiger partial charge in [0, 0.05) is 0 Å². The van der Waals surface area contributed by atoms with Gasteiger partial charge in [-0.15, -0.1) is 0 Å². The van der Waals surface area contributed by atoms with Crippen LogP contribution in [0, 0.1) is 0 Å². The van der Waals surface area contributed by atoms with E-state index in [1.807, 2.05) is 45.9 Å². The molecule has 0 fully saturated rings. The molecule has 0 bridgehead atoms. The van der Waals surface area contributed by atoms with Crippen molar-refractivity contribution in [2.24, 2.45) is 0 Å². The smallest absolute Gasteiger partial charge is 0.744 e. The van der Waals surface area contributed by atoms with Crippen molar-refractivity contribution in [2.45, 2.75) is 64.2 Å². The molecule has 0 radical (unpaired) electrons. The summed E-state index contributed by atoms with van der Waals surface area (Å²) in [5, 5.41) is 1.87. The first-order valence-electron chi connectivity index (χ1n) is 8.10. The maximum absolute atomic E-state index is 12.0. The molecule has 2 aromatic carbocycles. The summed E-state index contributed by atoms with van der Waals surface area (Å²) < 4.78 is 36.0. The molecule has 2 aromatic rings. The fourth-order valence-corrected chi connectivity index (χ4v) is 4.28. The summed E-state index contributed by atoms with van der Waals surface area (Å²) in [7, 11) is -4.53. The van der Waals surface area contributed by atoms with E-state index in [-0.39, 0.29) is 46.3 Å². The second-order valence-electron chi connectivity index (χ2n) is 7.11. The van der Waals surface area contributed by atoms with Gasteiger partial charge in [0.15, 0.2) is 0 Å². The summed E-state index contributed by atoms with van der Waals surface area (Å²) in [4.78, 5) is -0.0177. The van der Waals surface area contributed by atoms with Crippen LogP contribution in [0.2, 0.25) is 0 Å². The van der Waals surface area contributed by atoms with Crippen molar-refractivity contribution in [1.82, 2.24) is 0 Å². The minimum Gasteiger partial charge on any atom is -0.744 e. The van der Waals surface area contributed by atoms with E-state index in [1.165, 1.54) is 0 Å². The Morgan fingerprint density at radius 1 is 0.875 bits per heavy atom. The molecular formula is C19H25NaO3S. The quantitative estimate of drug-likeness (QED) is 0.623. The molecule has 0 saturated heterocycles. The molecular weight excluding hydrogens is 331 g/mol. The first kappa shape index (κ1) is 21.7. The maximum atomic E-state index is 12.0. The van der Waals surface area contributed by atoms with Gasteiger partial charge < -0.3 is 4.55 Å². The fraction of sp³-hybridized carbons (Fsp3) is 0.474. The van der Waals surface area contributed by atoms with Crippen LogP contribution >= 0.6 is 0 Å². The Kier molecular flexibility index (Phi) is 7.11. The Bertz CT molecular complexity index is 837. The summed E-state index contributed by atoms with van der Waals surface area (Å²) >= 11 is 0. The molecule has 2 rings (SSSR count). The van der Waals surface area contributed by atoms with Crippen LogP contribution in [0.4, 0.5) is 0 Å². The van der Waals surface area contributed by atoms with Crippen molar-refractivity contribution in [1.29, 1.82) is 0 Å². The van der Waals surface area contributed by atoms with Crippen LogP contribution in [0.3, 0.4) is 0 Å². The third kappa shape index (κ3) is 4.23. The Morgan fingerprint density at radius 2 is 1.46 bits per heavy atom. The Hall–Kier alpha value is -0.390. The van der Waals surface area contributed by atoms with Crippen LogP contribution in [0.15, 0.2) is 29.2 Å². The zero-order valence-electron chi connectivity index (χ0n) is 15.7. The molecule has 0 aliphatic heterocycles. The fourth-order valence-electron chi connectivity index (χ4n) is 3.08. The third-order valence-corrected chi connectivity index (χ3v) is 5.26. The van der Waals surface area contributed by atoms with Gasteiger partial charge in [-0.2, -0.15) is 0 Å². The van der Waals surface area contributed by atoms with E-state index in [9.17, 15) is 13.0 Å². The van der Waals surface area contributed by atoms with E-state index in [2.05, 4.69) is 19.9 Å². The molecule has 0 unspecified atom stereocenters. The number of benzene rings is 2. The van der Waals surface area contributed by atoms with Gasteiger partial charge in [0.25, 0.3) is 0 Å². The van der Waals surface area contributed by atoms with Crippen molar-refractivity contribution in [3.05, 3.63) is 41.0 Å². The van der Waals surface area contributed by atoms with Gasteiger partial charge in [0.1, 0.15) is 10.1 Å². The second kappa shape index (κ2) is 7.88. The zero-order valence-corrected chi connectivity index (χ0v) is 18.5. The largest absolute Gasteiger partial charge is 1.00 e. The van der Waals surface area contributed by atoms with Gasteiger partial charge in [-0.3, -0.25) is 0 Å². The van der Waals surface area contributed by atoms with Crippen LogP contribution in [-0.2, 0) is 10.1 Å². The first-order chi connectivity index (χ1) is 10.5. The van der Waals surface area contributed by atoms with Crippen LogP contribution in [-0.4, -0.2) is 13.0 Å². The molecule has 24 heavy (non-hydrogen) atoms. The van der Waals surface area contributed by atoms with Crippen LogP contribution in [0.25, 0.3) is 10.8 Å². The molecule has 0 spiro atoms. The van der Waals surface area contributed by atoms with Gasteiger partial charge in [0.2, 0.25) is 0 Å². The van der Waals surface area contributed by atoms with Crippen LogP contribution in [0.5, 0.6) is 0 Å². The summed E-state index contributed by atoms with van der Waals surface area (Å²) in [5.74, 6) is 0.272. The van der Waals surface area contributed by atoms with E-state index in [0.717, 1.165) is 16.3 Å². The molecule has 3 nitrogen and oxygen atoms in total. The van der Waals surface area contributed by atoms with Gasteiger partial charge in [0.05, 0.1) is 4.90 Å². The average Bonchev–Trinajstić information content (AvgIpc) is 2.42. The normalized spacial score (nSPS) is 12.2. The molecule has 0 amide bonds. The van der Waals surface area contributed by atoms with E-state index in [0.29, 0.717) is 17.0 Å². The van der Waals surface area contributed by atoms with Gasteiger partial charge in [-0.05, 0) is 51.3 Å². The zero-order chi connectivity index (χ0) is 17.5. The topological polar surface area (TPSA) is 57.2 Å². The summed E-state index contributed by atoms with van der Waals surface area (Å²) in [6.45, 7) is 11.9. The Morgan fingerprint density at radius 3 is 1.88 bits per heavy atom. The summed E-state index contributed by atoms with van der Waals surface area (Å²) in [6.07, 6.45) is 0. The SMILES string of the molecule is CC(C)c1ccc2cc(C(C)C)c(S(=O)(=O)[O-])c(C(C)C)c2c1.[Na+]. The predicted octanol–water partition coefficient (Wildman–Crippen LogP) is 2.12. The molecule has 0 N–H and O–H groups in total. The standard InChI is InChI=1S/C19H26O3S.Na/c1-11(2)14-7-8-15-10-16(12(3)4)19(23(20,21)22)18(13(5)6)17(15)9-14;/h7-13H,1-6H3,(H,20,21,22);/q;+1/p-1. The average molecular weight is 356 g/mol. The Balaban J connectivity index is 0.00000288. The minimum atomic E-state index is -4.53. The molecule has 0 aromatic heterocycles. The van der Waals surface area contributed by atoms with Gasteiger partial charge in [-0.1, -0.05) is 59.7 Å². The number of rotatable bonds is 4. The van der Waals surface area contributed by atoms with Crippen LogP contribution < -0.4 is 29.6 Å². The molecule has 5 heteroatoms. The monoisotopic (exact) mass is 356 g/mol. The van der Waals surface area contributed by atoms with Crippen molar-refractivity contribution in [3.8, 4) is 0 Å². The van der Waals surface area contributed by atoms with Crippen molar-refractivity contribution in [2.75, 3.05) is 0 Å². The van der Waals surface area contributed by atoms with E-state index >= 15 is 0 Å². The van der Waals surface area contributed by atoms with Crippen molar-refractivity contribution >= 4 is 20.9 Å². The van der Waals surface area contributed by atoms with Crippen molar-refractivity contribution < 1.29 is 42.5 Å². The van der Waals surface area contributed by atoms with E-state index < -0.39 is 10.1 Å². The van der Waals surface area contributed by atoms with Gasteiger partial charge >= 0.3 is 29.6 Å². The number of hydrogen-bond donors (Lipinski definition) is 0. The summed E-state index contributed by atoms with van der Waals surface area (Å²) in [6, 6.07) is 8.01. The molecule has 0 aliphatic rings. The number of hydrogen-bond acceptors (Lipinski definition) is 3. The summed E-state index contributed by atoms with van der Waals surface area (Å²) in [5.41, 5.74) is 2.42. The van der Waals surface area contributed by atoms with Crippen LogP contribution in [0.1, 0.15) is 76.0 Å². The molecule has 0 aliphatic carbocycles. The van der Waals surface area contributed by atoms with E-state index in [4.69, 9.17) is 0 Å². The minimum absolute atomic E-state index is 0. The second-order valence-corrected chi connectivity index (χ2v) is 8.42. The maximum Gasteiger partial charge on any atom is 1.00 e.